The molecular formula is C14H18ClNO5. The van der Waals surface area contributed by atoms with E-state index < -0.39 is 18.2 Å². The van der Waals surface area contributed by atoms with Crippen LogP contribution in [0.4, 0.5) is 0 Å². The summed E-state index contributed by atoms with van der Waals surface area (Å²) >= 11 is 5.83. The molecule has 0 bridgehead atoms. The van der Waals surface area contributed by atoms with Crippen molar-refractivity contribution < 1.29 is 24.5 Å². The Labute approximate surface area is 127 Å². The number of hydrogen-bond donors (Lipinski definition) is 3. The molecule has 2 atom stereocenters. The summed E-state index contributed by atoms with van der Waals surface area (Å²) in [7, 11) is 0. The SMILES string of the molecule is Cc1cc(Cl)ccc1OC(C)C(=O)NCCC(O)C(=O)O. The average molecular weight is 316 g/mol. The minimum Gasteiger partial charge on any atom is -0.481 e. The second kappa shape index (κ2) is 7.85. The highest BCUT2D eigenvalue weighted by Gasteiger charge is 2.17. The summed E-state index contributed by atoms with van der Waals surface area (Å²) in [5.74, 6) is -1.15. The van der Waals surface area contributed by atoms with E-state index in [1.807, 2.05) is 6.92 Å². The van der Waals surface area contributed by atoms with E-state index in [1.165, 1.54) is 0 Å². The van der Waals surface area contributed by atoms with E-state index >= 15 is 0 Å². The molecule has 0 heterocycles. The van der Waals surface area contributed by atoms with E-state index in [1.54, 1.807) is 25.1 Å². The van der Waals surface area contributed by atoms with Crippen molar-refractivity contribution in [3.05, 3.63) is 28.8 Å². The van der Waals surface area contributed by atoms with Gasteiger partial charge in [0.1, 0.15) is 5.75 Å². The zero-order valence-electron chi connectivity index (χ0n) is 11.8. The number of amides is 1. The van der Waals surface area contributed by atoms with Gasteiger partial charge in [-0.05, 0) is 37.6 Å². The van der Waals surface area contributed by atoms with Crippen LogP contribution in [-0.4, -0.2) is 40.8 Å². The number of aliphatic hydroxyl groups excluding tert-OH is 1. The van der Waals surface area contributed by atoms with Gasteiger partial charge in [-0.25, -0.2) is 4.79 Å². The quantitative estimate of drug-likeness (QED) is 0.706. The smallest absolute Gasteiger partial charge is 0.332 e. The van der Waals surface area contributed by atoms with Gasteiger partial charge in [0, 0.05) is 18.0 Å². The van der Waals surface area contributed by atoms with Crippen LogP contribution in [0.2, 0.25) is 5.02 Å². The number of hydrogen-bond acceptors (Lipinski definition) is 4. The van der Waals surface area contributed by atoms with Crippen LogP contribution in [0.15, 0.2) is 18.2 Å². The summed E-state index contributed by atoms with van der Waals surface area (Å²) in [6.07, 6.45) is -2.29. The molecule has 7 heteroatoms. The van der Waals surface area contributed by atoms with Crippen molar-refractivity contribution in [1.29, 1.82) is 0 Å². The van der Waals surface area contributed by atoms with Crippen molar-refractivity contribution in [2.24, 2.45) is 0 Å². The molecule has 0 aromatic heterocycles. The van der Waals surface area contributed by atoms with E-state index in [0.29, 0.717) is 10.8 Å². The number of halogens is 1. The van der Waals surface area contributed by atoms with Crippen molar-refractivity contribution in [2.45, 2.75) is 32.5 Å². The number of carbonyl (C=O) groups excluding carboxylic acids is 1. The fourth-order valence-corrected chi connectivity index (χ4v) is 1.81. The lowest BCUT2D eigenvalue weighted by atomic mass is 10.2. The zero-order valence-corrected chi connectivity index (χ0v) is 12.6. The molecule has 0 fully saturated rings. The maximum atomic E-state index is 11.8. The van der Waals surface area contributed by atoms with Gasteiger partial charge < -0.3 is 20.3 Å². The van der Waals surface area contributed by atoms with E-state index in [-0.39, 0.29) is 18.9 Å². The van der Waals surface area contributed by atoms with E-state index in [2.05, 4.69) is 5.32 Å². The van der Waals surface area contributed by atoms with Crippen LogP contribution in [0.5, 0.6) is 5.75 Å². The second-order valence-corrected chi connectivity index (χ2v) is 5.04. The number of ether oxygens (including phenoxy) is 1. The van der Waals surface area contributed by atoms with Crippen molar-refractivity contribution in [2.75, 3.05) is 6.54 Å². The van der Waals surface area contributed by atoms with Crippen molar-refractivity contribution >= 4 is 23.5 Å². The Morgan fingerprint density at radius 3 is 2.67 bits per heavy atom. The van der Waals surface area contributed by atoms with Crippen molar-refractivity contribution in [3.63, 3.8) is 0 Å². The lowest BCUT2D eigenvalue weighted by Gasteiger charge is -2.16. The maximum absolute atomic E-state index is 11.8. The number of aliphatic hydroxyl groups is 1. The van der Waals surface area contributed by atoms with Gasteiger partial charge in [0.25, 0.3) is 5.91 Å². The first-order valence-corrected chi connectivity index (χ1v) is 6.80. The lowest BCUT2D eigenvalue weighted by Crippen LogP contribution is -2.38. The molecule has 0 saturated carbocycles. The standard InChI is InChI=1S/C14H18ClNO5/c1-8-7-10(15)3-4-12(8)21-9(2)13(18)16-6-5-11(17)14(19)20/h3-4,7,9,11,17H,5-6H2,1-2H3,(H,16,18)(H,19,20). The Morgan fingerprint density at radius 2 is 2.10 bits per heavy atom. The van der Waals surface area contributed by atoms with Crippen molar-refractivity contribution in [3.8, 4) is 5.75 Å². The van der Waals surface area contributed by atoms with Crippen LogP contribution >= 0.6 is 11.6 Å². The van der Waals surface area contributed by atoms with Gasteiger partial charge in [-0.15, -0.1) is 0 Å². The third-order valence-electron chi connectivity index (χ3n) is 2.81. The molecule has 2 unspecified atom stereocenters. The van der Waals surface area contributed by atoms with Crippen LogP contribution < -0.4 is 10.1 Å². The van der Waals surface area contributed by atoms with Gasteiger partial charge in [0.2, 0.25) is 0 Å². The van der Waals surface area contributed by atoms with Crippen LogP contribution in [0.1, 0.15) is 18.9 Å². The van der Waals surface area contributed by atoms with Gasteiger partial charge in [-0.3, -0.25) is 4.79 Å². The summed E-state index contributed by atoms with van der Waals surface area (Å²) < 4.78 is 5.52. The Kier molecular flexibility index (Phi) is 6.45. The van der Waals surface area contributed by atoms with E-state index in [0.717, 1.165) is 5.56 Å². The number of carbonyl (C=O) groups is 2. The lowest BCUT2D eigenvalue weighted by molar-refractivity contribution is -0.147. The van der Waals surface area contributed by atoms with E-state index in [4.69, 9.17) is 26.6 Å². The Balaban J connectivity index is 2.46. The summed E-state index contributed by atoms with van der Waals surface area (Å²) in [6.45, 7) is 3.45. The van der Waals surface area contributed by atoms with Crippen LogP contribution in [-0.2, 0) is 9.59 Å². The number of carboxylic acids is 1. The molecule has 3 N–H and O–H groups in total. The topological polar surface area (TPSA) is 95.9 Å². The molecule has 116 valence electrons. The molecule has 6 nitrogen and oxygen atoms in total. The molecule has 1 aromatic carbocycles. The van der Waals surface area contributed by atoms with Gasteiger partial charge in [-0.1, -0.05) is 11.6 Å². The third-order valence-corrected chi connectivity index (χ3v) is 3.05. The summed E-state index contributed by atoms with van der Waals surface area (Å²) in [5.41, 5.74) is 0.809. The Bertz CT molecular complexity index is 520. The summed E-state index contributed by atoms with van der Waals surface area (Å²) in [5, 5.41) is 20.7. The van der Waals surface area contributed by atoms with E-state index in [9.17, 15) is 9.59 Å². The highest BCUT2D eigenvalue weighted by Crippen LogP contribution is 2.22. The molecular weight excluding hydrogens is 298 g/mol. The molecule has 0 radical (unpaired) electrons. The largest absolute Gasteiger partial charge is 0.481 e. The minimum atomic E-state index is -1.49. The number of rotatable bonds is 7. The van der Waals surface area contributed by atoms with Gasteiger partial charge >= 0.3 is 5.97 Å². The molecule has 21 heavy (non-hydrogen) atoms. The fourth-order valence-electron chi connectivity index (χ4n) is 1.59. The highest BCUT2D eigenvalue weighted by atomic mass is 35.5. The van der Waals surface area contributed by atoms with Crippen molar-refractivity contribution in [1.82, 2.24) is 5.32 Å². The summed E-state index contributed by atoms with van der Waals surface area (Å²) in [4.78, 5) is 22.2. The van der Waals surface area contributed by atoms with Gasteiger partial charge in [-0.2, -0.15) is 0 Å². The molecule has 0 aliphatic heterocycles. The fraction of sp³-hybridized carbons (Fsp3) is 0.429. The highest BCUT2D eigenvalue weighted by molar-refractivity contribution is 6.30. The predicted molar refractivity (Wildman–Crippen MR) is 77.5 cm³/mol. The monoisotopic (exact) mass is 315 g/mol. The van der Waals surface area contributed by atoms with Crippen LogP contribution in [0, 0.1) is 6.92 Å². The molecule has 0 saturated heterocycles. The average Bonchev–Trinajstić information content (AvgIpc) is 2.41. The van der Waals surface area contributed by atoms with Gasteiger partial charge in [0.05, 0.1) is 0 Å². The Hall–Kier alpha value is -1.79. The molecule has 0 aliphatic rings. The minimum absolute atomic E-state index is 0.0552. The Morgan fingerprint density at radius 1 is 1.43 bits per heavy atom. The van der Waals surface area contributed by atoms with Gasteiger partial charge in [0.15, 0.2) is 12.2 Å². The first-order valence-electron chi connectivity index (χ1n) is 6.42. The third kappa shape index (κ3) is 5.61. The first-order chi connectivity index (χ1) is 9.81. The summed E-state index contributed by atoms with van der Waals surface area (Å²) in [6, 6.07) is 5.07. The molecule has 0 aliphatic carbocycles. The van der Waals surface area contributed by atoms with Crippen LogP contribution in [0.3, 0.4) is 0 Å². The number of aliphatic carboxylic acids is 1. The number of aryl methyl sites for hydroxylation is 1. The predicted octanol–water partition coefficient (Wildman–Crippen LogP) is 1.37. The molecule has 1 aromatic rings. The second-order valence-electron chi connectivity index (χ2n) is 4.60. The number of nitrogens with one attached hydrogen (secondary N) is 1. The molecule has 1 amide bonds. The normalized spacial score (nSPS) is 13.3. The number of carboxylic acid groups (broad SMARTS) is 1. The van der Waals surface area contributed by atoms with Crippen LogP contribution in [0.25, 0.3) is 0 Å². The first kappa shape index (κ1) is 17.3. The number of benzene rings is 1. The molecule has 1 rings (SSSR count). The molecule has 0 spiro atoms. The maximum Gasteiger partial charge on any atom is 0.332 e. The zero-order chi connectivity index (χ0) is 16.0.